The van der Waals surface area contributed by atoms with Crippen molar-refractivity contribution in [3.05, 3.63) is 35.5 Å². The molecule has 1 N–H and O–H groups in total. The minimum Gasteiger partial charge on any atom is -0.351 e. The number of hydrogen-bond acceptors (Lipinski definition) is 3. The Hall–Kier alpha value is -1.53. The second kappa shape index (κ2) is 5.35. The Bertz CT molecular complexity index is 798. The lowest BCUT2D eigenvalue weighted by molar-refractivity contribution is -0.122. The van der Waals surface area contributed by atoms with Crippen LogP contribution < -0.4 is 5.32 Å². The molecule has 112 valence electrons. The van der Waals surface area contributed by atoms with Gasteiger partial charge in [-0.1, -0.05) is 17.7 Å². The number of rotatable bonds is 3. The Morgan fingerprint density at radius 1 is 1.38 bits per heavy atom. The van der Waals surface area contributed by atoms with Gasteiger partial charge in [0.1, 0.15) is 6.54 Å². The fourth-order valence-electron chi connectivity index (χ4n) is 2.63. The van der Waals surface area contributed by atoms with Crippen molar-refractivity contribution in [3.63, 3.8) is 0 Å². The summed E-state index contributed by atoms with van der Waals surface area (Å²) in [4.78, 5) is 12.0. The molecule has 2 aromatic rings. The van der Waals surface area contributed by atoms with Gasteiger partial charge in [-0.25, -0.2) is 8.42 Å². The molecule has 7 heteroatoms. The van der Waals surface area contributed by atoms with Crippen molar-refractivity contribution in [2.75, 3.05) is 11.5 Å². The molecule has 1 amide bonds. The van der Waals surface area contributed by atoms with Crippen LogP contribution in [0.1, 0.15) is 6.42 Å². The zero-order chi connectivity index (χ0) is 15.0. The monoisotopic (exact) mass is 326 g/mol. The molecule has 0 saturated carbocycles. The van der Waals surface area contributed by atoms with Crippen LogP contribution in [0.2, 0.25) is 5.02 Å². The van der Waals surface area contributed by atoms with Crippen molar-refractivity contribution in [2.24, 2.45) is 0 Å². The topological polar surface area (TPSA) is 68.2 Å². The van der Waals surface area contributed by atoms with E-state index in [2.05, 4.69) is 5.32 Å². The van der Waals surface area contributed by atoms with Crippen LogP contribution in [-0.2, 0) is 21.2 Å². The number of nitrogens with zero attached hydrogens (tertiary/aromatic N) is 1. The number of halogens is 1. The smallest absolute Gasteiger partial charge is 0.240 e. The van der Waals surface area contributed by atoms with Gasteiger partial charge in [0.25, 0.3) is 0 Å². The van der Waals surface area contributed by atoms with Crippen LogP contribution in [0.5, 0.6) is 0 Å². The molecule has 1 aromatic carbocycles. The lowest BCUT2D eigenvalue weighted by Crippen LogP contribution is -2.37. The van der Waals surface area contributed by atoms with Gasteiger partial charge < -0.3 is 9.88 Å². The minimum atomic E-state index is -2.98. The molecule has 1 aliphatic rings. The summed E-state index contributed by atoms with van der Waals surface area (Å²) in [5.74, 6) is 0.00589. The van der Waals surface area contributed by atoms with Gasteiger partial charge in [-0.15, -0.1) is 0 Å². The molecule has 1 fully saturated rings. The number of carbonyl (C=O) groups excluding carboxylic acids is 1. The molecule has 5 nitrogen and oxygen atoms in total. The van der Waals surface area contributed by atoms with E-state index in [1.54, 1.807) is 10.6 Å². The van der Waals surface area contributed by atoms with Gasteiger partial charge >= 0.3 is 0 Å². The average Bonchev–Trinajstić information content (AvgIpc) is 2.93. The van der Waals surface area contributed by atoms with E-state index in [1.165, 1.54) is 0 Å². The number of sulfone groups is 1. The summed E-state index contributed by atoms with van der Waals surface area (Å²) < 4.78 is 24.6. The maximum absolute atomic E-state index is 12.0. The first-order valence-corrected chi connectivity index (χ1v) is 8.87. The van der Waals surface area contributed by atoms with Gasteiger partial charge in [-0.3, -0.25) is 4.79 Å². The summed E-state index contributed by atoms with van der Waals surface area (Å²) in [5, 5.41) is 4.41. The second-order valence-electron chi connectivity index (χ2n) is 5.31. The summed E-state index contributed by atoms with van der Waals surface area (Å²) in [7, 11) is -2.98. The van der Waals surface area contributed by atoms with Crippen LogP contribution in [0.15, 0.2) is 30.5 Å². The number of amides is 1. The van der Waals surface area contributed by atoms with Crippen LogP contribution in [0, 0.1) is 0 Å². The van der Waals surface area contributed by atoms with Crippen molar-refractivity contribution in [1.29, 1.82) is 0 Å². The van der Waals surface area contributed by atoms with Gasteiger partial charge in [0.05, 0.1) is 11.5 Å². The van der Waals surface area contributed by atoms with Gasteiger partial charge in [-0.05, 0) is 30.0 Å². The standard InChI is InChI=1S/C14H15ClN2O3S/c15-11-2-1-10-3-5-17(13(10)7-11)8-14(18)16-12-4-6-21(19,20)9-12/h1-3,5,7,12H,4,6,8-9H2,(H,16,18). The van der Waals surface area contributed by atoms with E-state index in [0.29, 0.717) is 11.4 Å². The molecule has 1 unspecified atom stereocenters. The highest BCUT2D eigenvalue weighted by molar-refractivity contribution is 7.91. The number of fused-ring (bicyclic) bond motifs is 1. The van der Waals surface area contributed by atoms with Gasteiger partial charge in [0, 0.05) is 22.8 Å². The van der Waals surface area contributed by atoms with Crippen LogP contribution in [0.3, 0.4) is 0 Å². The maximum Gasteiger partial charge on any atom is 0.240 e. The largest absolute Gasteiger partial charge is 0.351 e. The first-order valence-electron chi connectivity index (χ1n) is 6.67. The number of carbonyl (C=O) groups is 1. The molecule has 0 aliphatic carbocycles. The van der Waals surface area contributed by atoms with Gasteiger partial charge in [0.2, 0.25) is 5.91 Å². The highest BCUT2D eigenvalue weighted by atomic mass is 35.5. The summed E-state index contributed by atoms with van der Waals surface area (Å²) in [6, 6.07) is 7.16. The number of benzene rings is 1. The Morgan fingerprint density at radius 3 is 2.90 bits per heavy atom. The minimum absolute atomic E-state index is 0.0387. The summed E-state index contributed by atoms with van der Waals surface area (Å²) in [6.07, 6.45) is 2.32. The van der Waals surface area contributed by atoms with Crippen molar-refractivity contribution in [3.8, 4) is 0 Å². The molecule has 1 saturated heterocycles. The van der Waals surface area contributed by atoms with E-state index >= 15 is 0 Å². The fraction of sp³-hybridized carbons (Fsp3) is 0.357. The number of hydrogen-bond donors (Lipinski definition) is 1. The molecule has 2 heterocycles. The summed E-state index contributed by atoms with van der Waals surface area (Å²) >= 11 is 5.97. The van der Waals surface area contributed by atoms with Gasteiger partial charge in [-0.2, -0.15) is 0 Å². The van der Waals surface area contributed by atoms with E-state index in [9.17, 15) is 13.2 Å². The molecule has 1 aliphatic heterocycles. The molecule has 1 atom stereocenters. The molecule has 3 rings (SSSR count). The zero-order valence-corrected chi connectivity index (χ0v) is 12.8. The Morgan fingerprint density at radius 2 is 2.19 bits per heavy atom. The van der Waals surface area contributed by atoms with E-state index in [0.717, 1.165) is 10.9 Å². The number of aromatic nitrogens is 1. The predicted molar refractivity (Wildman–Crippen MR) is 82.1 cm³/mol. The van der Waals surface area contributed by atoms with Gasteiger partial charge in [0.15, 0.2) is 9.84 Å². The lowest BCUT2D eigenvalue weighted by atomic mass is 10.2. The summed E-state index contributed by atoms with van der Waals surface area (Å²) in [5.41, 5.74) is 0.886. The average molecular weight is 327 g/mol. The second-order valence-corrected chi connectivity index (χ2v) is 7.98. The third-order valence-electron chi connectivity index (χ3n) is 3.65. The Labute approximate surface area is 127 Å². The van der Waals surface area contributed by atoms with Crippen LogP contribution in [-0.4, -0.2) is 36.4 Å². The van der Waals surface area contributed by atoms with Crippen LogP contribution in [0.25, 0.3) is 10.9 Å². The lowest BCUT2D eigenvalue weighted by Gasteiger charge is -2.12. The summed E-state index contributed by atoms with van der Waals surface area (Å²) in [6.45, 7) is 0.153. The molecular formula is C14H15ClN2O3S. The van der Waals surface area contributed by atoms with Crippen molar-refractivity contribution in [1.82, 2.24) is 9.88 Å². The van der Waals surface area contributed by atoms with Crippen molar-refractivity contribution >= 4 is 38.2 Å². The van der Waals surface area contributed by atoms with Crippen LogP contribution >= 0.6 is 11.6 Å². The molecule has 21 heavy (non-hydrogen) atoms. The van der Waals surface area contributed by atoms with Crippen molar-refractivity contribution in [2.45, 2.75) is 19.0 Å². The quantitative estimate of drug-likeness (QED) is 0.931. The maximum atomic E-state index is 12.0. The fourth-order valence-corrected chi connectivity index (χ4v) is 4.47. The SMILES string of the molecule is O=C(Cn1ccc2ccc(Cl)cc21)NC1CCS(=O)(=O)C1. The molecule has 0 spiro atoms. The number of nitrogens with one attached hydrogen (secondary N) is 1. The van der Waals surface area contributed by atoms with E-state index in [4.69, 9.17) is 11.6 Å². The third-order valence-corrected chi connectivity index (χ3v) is 5.65. The highest BCUT2D eigenvalue weighted by Crippen LogP contribution is 2.20. The Kier molecular flexibility index (Phi) is 3.67. The first kappa shape index (κ1) is 14.4. The molecule has 0 radical (unpaired) electrons. The highest BCUT2D eigenvalue weighted by Gasteiger charge is 2.28. The van der Waals surface area contributed by atoms with E-state index in [1.807, 2.05) is 24.4 Å². The predicted octanol–water partition coefficient (Wildman–Crippen LogP) is 1.60. The van der Waals surface area contributed by atoms with Crippen LogP contribution in [0.4, 0.5) is 0 Å². The molecule has 0 bridgehead atoms. The first-order chi connectivity index (χ1) is 9.93. The normalized spacial score (nSPS) is 20.7. The van der Waals surface area contributed by atoms with Crippen molar-refractivity contribution < 1.29 is 13.2 Å². The molecule has 1 aromatic heterocycles. The van der Waals surface area contributed by atoms with E-state index < -0.39 is 9.84 Å². The third kappa shape index (κ3) is 3.22. The molecular weight excluding hydrogens is 312 g/mol. The zero-order valence-electron chi connectivity index (χ0n) is 11.3. The Balaban J connectivity index is 1.70. The van der Waals surface area contributed by atoms with E-state index in [-0.39, 0.29) is 30.0 Å².